The molecule has 38 heavy (non-hydrogen) atoms. The van der Waals surface area contributed by atoms with Gasteiger partial charge in [-0.15, -0.1) is 0 Å². The van der Waals surface area contributed by atoms with E-state index in [4.69, 9.17) is 14.7 Å². The molecule has 1 aromatic carbocycles. The monoisotopic (exact) mass is 516 g/mol. The average molecular weight is 517 g/mol. The number of nitrogens with zero attached hydrogens (tertiary/aromatic N) is 5. The van der Waals surface area contributed by atoms with Crippen LogP contribution in [0.1, 0.15) is 48.7 Å². The quantitative estimate of drug-likeness (QED) is 0.342. The summed E-state index contributed by atoms with van der Waals surface area (Å²) in [7, 11) is 1.76. The van der Waals surface area contributed by atoms with Gasteiger partial charge in [0.1, 0.15) is 23.0 Å². The summed E-state index contributed by atoms with van der Waals surface area (Å²) in [5.41, 5.74) is 2.91. The fourth-order valence-corrected chi connectivity index (χ4v) is 5.61. The van der Waals surface area contributed by atoms with Gasteiger partial charge in [-0.1, -0.05) is 0 Å². The summed E-state index contributed by atoms with van der Waals surface area (Å²) < 4.78 is 20.6. The molecule has 0 bridgehead atoms. The van der Waals surface area contributed by atoms with Gasteiger partial charge in [0.05, 0.1) is 18.1 Å². The van der Waals surface area contributed by atoms with Crippen LogP contribution in [0.3, 0.4) is 0 Å². The van der Waals surface area contributed by atoms with Crippen LogP contribution in [-0.2, 0) is 11.2 Å². The molecule has 2 aliphatic carbocycles. The highest BCUT2D eigenvalue weighted by Gasteiger charge is 2.48. The van der Waals surface area contributed by atoms with Crippen LogP contribution >= 0.6 is 0 Å². The smallest absolute Gasteiger partial charge is 0.324 e. The number of anilines is 2. The maximum Gasteiger partial charge on any atom is 0.324 e. The number of nitrogens with one attached hydrogen (secondary N) is 3. The van der Waals surface area contributed by atoms with Crippen molar-refractivity contribution in [1.29, 1.82) is 0 Å². The standard InChI is InChI=1S/C26H25FN8O3/c1-28-18-9-14(27)8-17-16(18)10-19-20(17)22(35-6-4-26(5-7-35)23(36)33-24(37)34-26)32-25(31-19)38-15-11-29-21(30-12-15)13-2-3-13/h8-9,11-13,28H,2-7,10H2,1H3,(H2,33,34,36,37). The van der Waals surface area contributed by atoms with Gasteiger partial charge in [0.15, 0.2) is 5.75 Å². The molecule has 2 saturated heterocycles. The molecule has 0 unspecified atom stereocenters. The van der Waals surface area contributed by atoms with Crippen molar-refractivity contribution in [2.45, 2.75) is 43.6 Å². The Hall–Kier alpha value is -4.35. The van der Waals surface area contributed by atoms with Crippen LogP contribution in [0, 0.1) is 5.82 Å². The van der Waals surface area contributed by atoms with Crippen LogP contribution in [0.5, 0.6) is 11.8 Å². The molecule has 3 amide bonds. The number of imide groups is 1. The second-order valence-corrected chi connectivity index (χ2v) is 10.2. The van der Waals surface area contributed by atoms with Crippen molar-refractivity contribution < 1.29 is 18.7 Å². The van der Waals surface area contributed by atoms with Crippen molar-refractivity contribution in [3.63, 3.8) is 0 Å². The number of ether oxygens (including phenoxy) is 1. The van der Waals surface area contributed by atoms with Crippen LogP contribution in [-0.4, -0.2) is 57.6 Å². The summed E-state index contributed by atoms with van der Waals surface area (Å²) >= 11 is 0. The zero-order chi connectivity index (χ0) is 26.0. The molecule has 4 aliphatic rings. The highest BCUT2D eigenvalue weighted by molar-refractivity contribution is 6.07. The van der Waals surface area contributed by atoms with Crippen molar-refractivity contribution in [3.05, 3.63) is 47.4 Å². The van der Waals surface area contributed by atoms with E-state index >= 15 is 0 Å². The summed E-state index contributed by atoms with van der Waals surface area (Å²) in [4.78, 5) is 44.6. The molecule has 12 heteroatoms. The van der Waals surface area contributed by atoms with Crippen LogP contribution in [0.15, 0.2) is 24.5 Å². The SMILES string of the molecule is CNc1cc(F)cc2c1Cc1nc(Oc3cnc(C4CC4)nc3)nc(N3CCC4(CC3)NC(=O)NC4=O)c1-2. The molecule has 0 radical (unpaired) electrons. The Kier molecular flexibility index (Phi) is 5.00. The van der Waals surface area contributed by atoms with E-state index in [9.17, 15) is 14.0 Å². The van der Waals surface area contributed by atoms with Crippen molar-refractivity contribution in [1.82, 2.24) is 30.6 Å². The summed E-state index contributed by atoms with van der Waals surface area (Å²) in [6.07, 6.45) is 6.78. The van der Waals surface area contributed by atoms with Gasteiger partial charge in [-0.25, -0.2) is 19.2 Å². The van der Waals surface area contributed by atoms with E-state index in [1.807, 2.05) is 4.90 Å². The molecule has 3 aromatic rings. The van der Waals surface area contributed by atoms with Gasteiger partial charge in [-0.2, -0.15) is 9.97 Å². The van der Waals surface area contributed by atoms with E-state index in [2.05, 4.69) is 25.9 Å². The summed E-state index contributed by atoms with van der Waals surface area (Å²) in [5.74, 6) is 1.62. The lowest BCUT2D eigenvalue weighted by atomic mass is 9.87. The highest BCUT2D eigenvalue weighted by atomic mass is 19.1. The first-order valence-electron chi connectivity index (χ1n) is 12.7. The molecule has 4 heterocycles. The molecule has 1 spiro atoms. The fraction of sp³-hybridized carbons (Fsp3) is 0.385. The van der Waals surface area contributed by atoms with Gasteiger partial charge >= 0.3 is 12.0 Å². The third-order valence-electron chi connectivity index (χ3n) is 7.77. The van der Waals surface area contributed by atoms with E-state index in [1.54, 1.807) is 19.4 Å². The van der Waals surface area contributed by atoms with Crippen molar-refractivity contribution in [3.8, 4) is 22.9 Å². The number of carbonyl (C=O) groups excluding carboxylic acids is 2. The van der Waals surface area contributed by atoms with Crippen molar-refractivity contribution in [2.24, 2.45) is 0 Å². The zero-order valence-electron chi connectivity index (χ0n) is 20.7. The Bertz CT molecular complexity index is 1480. The number of carbonyl (C=O) groups is 2. The van der Waals surface area contributed by atoms with Crippen molar-refractivity contribution in [2.75, 3.05) is 30.4 Å². The Labute approximate surface area is 217 Å². The van der Waals surface area contributed by atoms with Gasteiger partial charge in [-0.3, -0.25) is 10.1 Å². The molecule has 0 atom stereocenters. The molecule has 11 nitrogen and oxygen atoms in total. The first-order chi connectivity index (χ1) is 18.4. The molecule has 194 valence electrons. The Morgan fingerprint density at radius 1 is 1.13 bits per heavy atom. The van der Waals surface area contributed by atoms with E-state index in [0.717, 1.165) is 41.1 Å². The van der Waals surface area contributed by atoms with Gasteiger partial charge < -0.3 is 20.3 Å². The fourth-order valence-electron chi connectivity index (χ4n) is 5.61. The third-order valence-corrected chi connectivity index (χ3v) is 7.77. The summed E-state index contributed by atoms with van der Waals surface area (Å²) in [5, 5.41) is 8.21. The van der Waals surface area contributed by atoms with Crippen LogP contribution < -0.4 is 25.6 Å². The van der Waals surface area contributed by atoms with Gasteiger partial charge in [-0.05, 0) is 48.9 Å². The number of urea groups is 1. The Morgan fingerprint density at radius 3 is 2.55 bits per heavy atom. The first kappa shape index (κ1) is 22.8. The average Bonchev–Trinajstić information content (AvgIpc) is 3.64. The number of hydrogen-bond acceptors (Lipinski definition) is 9. The van der Waals surface area contributed by atoms with E-state index in [-0.39, 0.29) is 17.7 Å². The van der Waals surface area contributed by atoms with Gasteiger partial charge in [0.2, 0.25) is 0 Å². The minimum atomic E-state index is -0.924. The predicted molar refractivity (Wildman–Crippen MR) is 135 cm³/mol. The molecular formula is C26H25FN8O3. The number of benzene rings is 1. The molecule has 3 N–H and O–H groups in total. The number of aromatic nitrogens is 4. The predicted octanol–water partition coefficient (Wildman–Crippen LogP) is 2.87. The zero-order valence-corrected chi connectivity index (χ0v) is 20.7. The highest BCUT2D eigenvalue weighted by Crippen LogP contribution is 2.46. The summed E-state index contributed by atoms with van der Waals surface area (Å²) in [6, 6.07) is 2.66. The lowest BCUT2D eigenvalue weighted by molar-refractivity contribution is -0.124. The number of rotatable bonds is 5. The van der Waals surface area contributed by atoms with E-state index < -0.39 is 11.6 Å². The minimum Gasteiger partial charge on any atom is -0.421 e. The summed E-state index contributed by atoms with van der Waals surface area (Å²) in [6.45, 7) is 0.915. The van der Waals surface area contributed by atoms with Gasteiger partial charge in [0, 0.05) is 43.7 Å². The normalized spacial score (nSPS) is 19.2. The molecule has 3 fully saturated rings. The Balaban J connectivity index is 1.26. The second-order valence-electron chi connectivity index (χ2n) is 10.2. The largest absolute Gasteiger partial charge is 0.421 e. The van der Waals surface area contributed by atoms with Crippen LogP contribution in [0.4, 0.5) is 20.7 Å². The number of hydrogen-bond donors (Lipinski definition) is 3. The Morgan fingerprint density at radius 2 is 1.89 bits per heavy atom. The molecule has 2 aromatic heterocycles. The third kappa shape index (κ3) is 3.70. The first-order valence-corrected chi connectivity index (χ1v) is 12.7. The lowest BCUT2D eigenvalue weighted by Crippen LogP contribution is -2.55. The van der Waals surface area contributed by atoms with Crippen LogP contribution in [0.25, 0.3) is 11.1 Å². The van der Waals surface area contributed by atoms with Crippen molar-refractivity contribution >= 4 is 23.4 Å². The van der Waals surface area contributed by atoms with Gasteiger partial charge in [0.25, 0.3) is 5.91 Å². The molecule has 1 saturated carbocycles. The van der Waals surface area contributed by atoms with E-state index in [1.165, 1.54) is 12.1 Å². The second kappa shape index (κ2) is 8.33. The number of amides is 3. The van der Waals surface area contributed by atoms with Crippen LogP contribution in [0.2, 0.25) is 0 Å². The topological polar surface area (TPSA) is 134 Å². The molecule has 7 rings (SSSR count). The number of piperidine rings is 1. The number of halogens is 1. The molecule has 2 aliphatic heterocycles. The molecular weight excluding hydrogens is 491 g/mol. The lowest BCUT2D eigenvalue weighted by Gasteiger charge is -2.38. The van der Waals surface area contributed by atoms with E-state index in [0.29, 0.717) is 55.5 Å². The maximum absolute atomic E-state index is 14.6. The minimum absolute atomic E-state index is 0.146. The maximum atomic E-state index is 14.6. The number of fused-ring (bicyclic) bond motifs is 3.